The standard InChI is InChI=1S/C21H23Cl2FN2O3S/c1-12-4-3-5-20(13(12)2)26-30(28,29)15-7-9-19(24)16(11-15)21(27)25-14-6-8-17(22)18(23)10-14/h6-13,20,26H,3-5H2,1-2H3,(H,25,27)/t12-,13+,20+/m1/s1. The van der Waals surface area contributed by atoms with E-state index in [2.05, 4.69) is 17.0 Å². The summed E-state index contributed by atoms with van der Waals surface area (Å²) in [6, 6.07) is 7.41. The minimum atomic E-state index is -3.91. The zero-order valence-corrected chi connectivity index (χ0v) is 18.9. The van der Waals surface area contributed by atoms with E-state index in [1.165, 1.54) is 18.2 Å². The van der Waals surface area contributed by atoms with E-state index in [1.54, 1.807) is 0 Å². The van der Waals surface area contributed by atoms with Crippen LogP contribution < -0.4 is 10.0 Å². The van der Waals surface area contributed by atoms with Gasteiger partial charge in [0.05, 0.1) is 20.5 Å². The number of anilines is 1. The van der Waals surface area contributed by atoms with Gasteiger partial charge < -0.3 is 5.32 Å². The first-order valence-corrected chi connectivity index (χ1v) is 11.9. The van der Waals surface area contributed by atoms with Crippen molar-refractivity contribution in [2.75, 3.05) is 5.32 Å². The predicted octanol–water partition coefficient (Wildman–Crippen LogP) is 5.49. The van der Waals surface area contributed by atoms with Gasteiger partial charge in [-0.05, 0) is 54.7 Å². The van der Waals surface area contributed by atoms with Gasteiger partial charge >= 0.3 is 0 Å². The Labute approximate surface area is 186 Å². The molecule has 2 aromatic rings. The second-order valence-corrected chi connectivity index (χ2v) is 10.2. The smallest absolute Gasteiger partial charge is 0.258 e. The Morgan fingerprint density at radius 1 is 1.07 bits per heavy atom. The third-order valence-electron chi connectivity index (χ3n) is 5.68. The van der Waals surface area contributed by atoms with Crippen molar-refractivity contribution in [3.8, 4) is 0 Å². The molecule has 0 aliphatic heterocycles. The lowest BCUT2D eigenvalue weighted by Gasteiger charge is -2.34. The van der Waals surface area contributed by atoms with Crippen LogP contribution >= 0.6 is 23.2 Å². The van der Waals surface area contributed by atoms with Crippen molar-refractivity contribution in [2.24, 2.45) is 11.8 Å². The zero-order valence-electron chi connectivity index (χ0n) is 16.6. The van der Waals surface area contributed by atoms with Crippen LogP contribution in [-0.2, 0) is 10.0 Å². The molecular formula is C21H23Cl2FN2O3S. The van der Waals surface area contributed by atoms with E-state index < -0.39 is 21.7 Å². The Hall–Kier alpha value is -1.67. The fourth-order valence-electron chi connectivity index (χ4n) is 3.63. The predicted molar refractivity (Wildman–Crippen MR) is 117 cm³/mol. The Bertz CT molecular complexity index is 1060. The van der Waals surface area contributed by atoms with Gasteiger partial charge in [0.1, 0.15) is 5.82 Å². The highest BCUT2D eigenvalue weighted by atomic mass is 35.5. The van der Waals surface area contributed by atoms with Gasteiger partial charge in [0.25, 0.3) is 5.91 Å². The second-order valence-electron chi connectivity index (χ2n) is 7.72. The highest BCUT2D eigenvalue weighted by Crippen LogP contribution is 2.31. The first-order valence-electron chi connectivity index (χ1n) is 9.67. The molecule has 5 nitrogen and oxygen atoms in total. The van der Waals surface area contributed by atoms with Crippen molar-refractivity contribution in [2.45, 2.75) is 44.0 Å². The minimum absolute atomic E-state index is 0.159. The van der Waals surface area contributed by atoms with Gasteiger partial charge in [-0.2, -0.15) is 0 Å². The number of sulfonamides is 1. The van der Waals surface area contributed by atoms with Crippen LogP contribution in [0, 0.1) is 17.7 Å². The average Bonchev–Trinajstić information content (AvgIpc) is 2.68. The molecular weight excluding hydrogens is 450 g/mol. The summed E-state index contributed by atoms with van der Waals surface area (Å²) in [6.45, 7) is 4.13. The average molecular weight is 473 g/mol. The summed E-state index contributed by atoms with van der Waals surface area (Å²) >= 11 is 11.8. The van der Waals surface area contributed by atoms with Crippen LogP contribution in [0.15, 0.2) is 41.3 Å². The molecule has 0 unspecified atom stereocenters. The zero-order chi connectivity index (χ0) is 22.1. The fourth-order valence-corrected chi connectivity index (χ4v) is 5.32. The molecule has 9 heteroatoms. The van der Waals surface area contributed by atoms with Crippen LogP contribution in [0.1, 0.15) is 43.5 Å². The summed E-state index contributed by atoms with van der Waals surface area (Å²) in [6.07, 6.45) is 2.75. The molecule has 3 rings (SSSR count). The van der Waals surface area contributed by atoms with E-state index >= 15 is 0 Å². The van der Waals surface area contributed by atoms with Gasteiger partial charge in [-0.3, -0.25) is 4.79 Å². The number of benzene rings is 2. The molecule has 1 amide bonds. The lowest BCUT2D eigenvalue weighted by atomic mass is 9.78. The SMILES string of the molecule is C[C@H]1[C@H](C)CCC[C@@H]1NS(=O)(=O)c1ccc(F)c(C(=O)Nc2ccc(Cl)c(Cl)c2)c1. The molecule has 0 radical (unpaired) electrons. The summed E-state index contributed by atoms with van der Waals surface area (Å²) in [5.74, 6) is -1.02. The first-order chi connectivity index (χ1) is 14.1. The number of hydrogen-bond acceptors (Lipinski definition) is 3. The maximum atomic E-state index is 14.3. The third-order valence-corrected chi connectivity index (χ3v) is 7.91. The topological polar surface area (TPSA) is 75.3 Å². The first kappa shape index (κ1) is 23.0. The molecule has 0 heterocycles. The van der Waals surface area contributed by atoms with Crippen LogP contribution in [0.25, 0.3) is 0 Å². The Balaban J connectivity index is 1.83. The summed E-state index contributed by atoms with van der Waals surface area (Å²) in [5.41, 5.74) is -0.0702. The van der Waals surface area contributed by atoms with Crippen LogP contribution in [0.5, 0.6) is 0 Å². The number of amides is 1. The lowest BCUT2D eigenvalue weighted by Crippen LogP contribution is -2.43. The van der Waals surface area contributed by atoms with Crippen molar-refractivity contribution in [1.29, 1.82) is 0 Å². The molecule has 1 saturated carbocycles. The molecule has 0 spiro atoms. The highest BCUT2D eigenvalue weighted by Gasteiger charge is 2.31. The van der Waals surface area contributed by atoms with Crippen molar-refractivity contribution in [3.63, 3.8) is 0 Å². The van der Waals surface area contributed by atoms with Crippen LogP contribution in [0.2, 0.25) is 10.0 Å². The fraction of sp³-hybridized carbons (Fsp3) is 0.381. The number of halogens is 3. The largest absolute Gasteiger partial charge is 0.322 e. The van der Waals surface area contributed by atoms with Gasteiger partial charge in [0.15, 0.2) is 0 Å². The molecule has 1 aliphatic rings. The number of nitrogens with one attached hydrogen (secondary N) is 2. The summed E-state index contributed by atoms with van der Waals surface area (Å²) in [7, 11) is -3.91. The number of rotatable bonds is 5. The summed E-state index contributed by atoms with van der Waals surface area (Å²) < 4.78 is 42.8. The van der Waals surface area contributed by atoms with Gasteiger partial charge in [-0.15, -0.1) is 0 Å². The quantitative estimate of drug-likeness (QED) is 0.603. The molecule has 162 valence electrons. The van der Waals surface area contributed by atoms with Gasteiger partial charge in [0.2, 0.25) is 10.0 Å². The summed E-state index contributed by atoms with van der Waals surface area (Å²) in [4.78, 5) is 12.4. The van der Waals surface area contributed by atoms with Crippen molar-refractivity contribution in [1.82, 2.24) is 4.72 Å². The van der Waals surface area contributed by atoms with Crippen molar-refractivity contribution >= 4 is 44.8 Å². The maximum absolute atomic E-state index is 14.3. The number of carbonyl (C=O) groups is 1. The maximum Gasteiger partial charge on any atom is 0.258 e. The Morgan fingerprint density at radius 3 is 2.50 bits per heavy atom. The molecule has 1 aliphatic carbocycles. The van der Waals surface area contributed by atoms with Crippen LogP contribution in [0.3, 0.4) is 0 Å². The molecule has 30 heavy (non-hydrogen) atoms. The van der Waals surface area contributed by atoms with Gasteiger partial charge in [0, 0.05) is 11.7 Å². The molecule has 0 saturated heterocycles. The van der Waals surface area contributed by atoms with E-state index in [1.807, 2.05) is 6.92 Å². The van der Waals surface area contributed by atoms with E-state index in [0.717, 1.165) is 37.5 Å². The van der Waals surface area contributed by atoms with Crippen molar-refractivity contribution in [3.05, 3.63) is 57.8 Å². The van der Waals surface area contributed by atoms with E-state index in [4.69, 9.17) is 23.2 Å². The van der Waals surface area contributed by atoms with Crippen LogP contribution in [0.4, 0.5) is 10.1 Å². The second kappa shape index (κ2) is 9.22. The lowest BCUT2D eigenvalue weighted by molar-refractivity contribution is 0.102. The van der Waals surface area contributed by atoms with Crippen LogP contribution in [-0.4, -0.2) is 20.4 Å². The molecule has 3 atom stereocenters. The third kappa shape index (κ3) is 5.14. The monoisotopic (exact) mass is 472 g/mol. The minimum Gasteiger partial charge on any atom is -0.322 e. The van der Waals surface area contributed by atoms with E-state index in [-0.39, 0.29) is 27.4 Å². The van der Waals surface area contributed by atoms with Gasteiger partial charge in [-0.25, -0.2) is 17.5 Å². The molecule has 1 fully saturated rings. The molecule has 2 aromatic carbocycles. The number of hydrogen-bond donors (Lipinski definition) is 2. The summed E-state index contributed by atoms with van der Waals surface area (Å²) in [5, 5.41) is 3.04. The highest BCUT2D eigenvalue weighted by molar-refractivity contribution is 7.89. The molecule has 0 bridgehead atoms. The van der Waals surface area contributed by atoms with E-state index in [0.29, 0.717) is 16.6 Å². The Morgan fingerprint density at radius 2 is 1.80 bits per heavy atom. The normalized spacial score (nSPS) is 22.0. The number of carbonyl (C=O) groups excluding carboxylic acids is 1. The van der Waals surface area contributed by atoms with Gasteiger partial charge in [-0.1, -0.05) is 49.9 Å². The Kier molecular flexibility index (Phi) is 7.07. The van der Waals surface area contributed by atoms with E-state index in [9.17, 15) is 17.6 Å². The molecule has 0 aromatic heterocycles. The van der Waals surface area contributed by atoms with Crippen molar-refractivity contribution < 1.29 is 17.6 Å². The molecule has 2 N–H and O–H groups in total.